The van der Waals surface area contributed by atoms with E-state index in [9.17, 15) is 9.59 Å². The van der Waals surface area contributed by atoms with Gasteiger partial charge in [0.2, 0.25) is 5.91 Å². The van der Waals surface area contributed by atoms with Gasteiger partial charge in [0.05, 0.1) is 13.2 Å². The van der Waals surface area contributed by atoms with Gasteiger partial charge in [-0.25, -0.2) is 4.79 Å². The molecule has 1 atom stereocenters. The maximum atomic E-state index is 12.3. The molecule has 0 aliphatic heterocycles. The Labute approximate surface area is 140 Å². The maximum absolute atomic E-state index is 12.3. The highest BCUT2D eigenvalue weighted by molar-refractivity contribution is 5.97. The van der Waals surface area contributed by atoms with Crippen LogP contribution >= 0.6 is 0 Å². The lowest BCUT2D eigenvalue weighted by Crippen LogP contribution is -2.56. The van der Waals surface area contributed by atoms with Gasteiger partial charge in [-0.3, -0.25) is 15.5 Å². The van der Waals surface area contributed by atoms with E-state index >= 15 is 0 Å². The molecule has 132 valence electrons. The minimum Gasteiger partial charge on any atom is -0.496 e. The molecule has 0 aromatic heterocycles. The van der Waals surface area contributed by atoms with Crippen molar-refractivity contribution in [1.29, 1.82) is 0 Å². The average molecular weight is 337 g/mol. The summed E-state index contributed by atoms with van der Waals surface area (Å²) in [6.07, 6.45) is 1.22. The van der Waals surface area contributed by atoms with E-state index in [1.165, 1.54) is 13.2 Å². The first-order valence-electron chi connectivity index (χ1n) is 7.46. The second-order valence-corrected chi connectivity index (χ2v) is 5.12. The number of hydrogen-bond donors (Lipinski definition) is 5. The summed E-state index contributed by atoms with van der Waals surface area (Å²) >= 11 is 0. The predicted octanol–water partition coefficient (Wildman–Crippen LogP) is -1.34. The molecular formula is C15H25N6O3+. The fourth-order valence-corrected chi connectivity index (χ4v) is 2.14. The maximum Gasteiger partial charge on any atom is 0.344 e. The molecule has 0 bridgehead atoms. The zero-order valence-corrected chi connectivity index (χ0v) is 14.0. The lowest BCUT2D eigenvalue weighted by molar-refractivity contribution is -0.255. The van der Waals surface area contributed by atoms with E-state index in [2.05, 4.69) is 21.4 Å². The molecule has 9 nitrogen and oxygen atoms in total. The van der Waals surface area contributed by atoms with Crippen LogP contribution in [0.2, 0.25) is 0 Å². The number of guanidine groups is 1. The number of rotatable bonds is 9. The second-order valence-electron chi connectivity index (χ2n) is 5.12. The number of hydrogen-bond acceptors (Lipinski definition) is 5. The first-order chi connectivity index (χ1) is 11.4. The molecule has 0 aliphatic rings. The van der Waals surface area contributed by atoms with Crippen LogP contribution in [0, 0.1) is 0 Å². The van der Waals surface area contributed by atoms with Crippen LogP contribution in [0.3, 0.4) is 0 Å². The Morgan fingerprint density at radius 2 is 2.08 bits per heavy atom. The number of aliphatic imine (C=N–C) groups is 1. The van der Waals surface area contributed by atoms with Crippen LogP contribution < -0.4 is 32.6 Å². The number of amides is 2. The Kier molecular flexibility index (Phi) is 7.66. The average Bonchev–Trinajstić information content (AvgIpc) is 2.54. The van der Waals surface area contributed by atoms with E-state index in [0.717, 1.165) is 0 Å². The summed E-state index contributed by atoms with van der Waals surface area (Å²) in [5, 5.41) is 5.71. The topological polar surface area (TPSA) is 159 Å². The molecule has 24 heavy (non-hydrogen) atoms. The lowest BCUT2D eigenvalue weighted by Gasteiger charge is -2.16. The summed E-state index contributed by atoms with van der Waals surface area (Å²) in [4.78, 5) is 27.7. The molecule has 0 saturated carbocycles. The van der Waals surface area contributed by atoms with Crippen molar-refractivity contribution < 1.29 is 20.1 Å². The summed E-state index contributed by atoms with van der Waals surface area (Å²) in [6.45, 7) is 0.455. The molecule has 1 aromatic carbocycles. The van der Waals surface area contributed by atoms with E-state index < -0.39 is 6.04 Å². The summed E-state index contributed by atoms with van der Waals surface area (Å²) in [5.74, 6) is -0.153. The van der Waals surface area contributed by atoms with Gasteiger partial charge in [0, 0.05) is 12.2 Å². The second kappa shape index (κ2) is 9.48. The van der Waals surface area contributed by atoms with Crippen LogP contribution in [-0.2, 0) is 4.79 Å². The summed E-state index contributed by atoms with van der Waals surface area (Å²) in [5.41, 5.74) is 14.7. The third-order valence-corrected chi connectivity index (χ3v) is 3.38. The zero-order valence-electron chi connectivity index (χ0n) is 14.0. The molecule has 1 rings (SSSR count). The van der Waals surface area contributed by atoms with Crippen molar-refractivity contribution in [2.75, 3.05) is 26.0 Å². The molecular weight excluding hydrogens is 312 g/mol. The fraction of sp³-hybridized carbons (Fsp3) is 0.400. The standard InChI is InChI=1S/C15H24N6O3/c1-19-11(4-3-7-20-15(17)18)14(23)21-9-5-6-12(24-2)10(8-9)13(16)22/h5-6,8,11,19H,3-4,7H2,1-2H3,(H2,16,22)(H,21,23)(H4,17,18,20)/p+1. The van der Waals surface area contributed by atoms with Gasteiger partial charge in [0.1, 0.15) is 11.3 Å². The van der Waals surface area contributed by atoms with Crippen LogP contribution in [0.15, 0.2) is 23.2 Å². The molecule has 1 unspecified atom stereocenters. The van der Waals surface area contributed by atoms with Gasteiger partial charge in [-0.15, -0.1) is 0 Å². The first kappa shape index (κ1) is 19.4. The normalized spacial score (nSPS) is 11.5. The monoisotopic (exact) mass is 337 g/mol. The van der Waals surface area contributed by atoms with Crippen LogP contribution in [-0.4, -0.2) is 44.5 Å². The SMILES string of the molecule is CNC(CCCN=C(N)N)C(=O)Nc1ccc(OC)c(C([NH3+])=O)c1. The van der Waals surface area contributed by atoms with Crippen LogP contribution in [0.5, 0.6) is 5.75 Å². The number of nitrogens with one attached hydrogen (secondary N) is 2. The number of ether oxygens (including phenoxy) is 1. The number of benzene rings is 1. The minimum absolute atomic E-state index is 0.0315. The number of carbonyl (C=O) groups excluding carboxylic acids is 2. The van der Waals surface area contributed by atoms with Crippen LogP contribution in [0.1, 0.15) is 23.2 Å². The Morgan fingerprint density at radius 1 is 1.38 bits per heavy atom. The molecule has 1 aromatic rings. The van der Waals surface area contributed by atoms with Crippen molar-refractivity contribution in [2.24, 2.45) is 16.5 Å². The largest absolute Gasteiger partial charge is 0.496 e. The molecule has 0 spiro atoms. The highest BCUT2D eigenvalue weighted by Gasteiger charge is 2.18. The number of quaternary nitrogens is 1. The van der Waals surface area contributed by atoms with Gasteiger partial charge >= 0.3 is 5.91 Å². The highest BCUT2D eigenvalue weighted by Crippen LogP contribution is 2.22. The fourth-order valence-electron chi connectivity index (χ4n) is 2.14. The lowest BCUT2D eigenvalue weighted by atomic mass is 10.1. The molecule has 9 heteroatoms. The number of nitrogens with zero attached hydrogens (tertiary/aromatic N) is 1. The van der Waals surface area contributed by atoms with Gasteiger partial charge in [-0.2, -0.15) is 0 Å². The quantitative estimate of drug-likeness (QED) is 0.213. The third kappa shape index (κ3) is 5.86. The Morgan fingerprint density at radius 3 is 2.62 bits per heavy atom. The number of likely N-dealkylation sites (N-methyl/N-ethyl adjacent to an activating group) is 1. The van der Waals surface area contributed by atoms with Crippen LogP contribution in [0.25, 0.3) is 0 Å². The molecule has 0 aliphatic carbocycles. The highest BCUT2D eigenvalue weighted by atomic mass is 16.5. The van der Waals surface area contributed by atoms with E-state index in [1.807, 2.05) is 0 Å². The van der Waals surface area contributed by atoms with Gasteiger partial charge in [-0.05, 0) is 38.1 Å². The summed E-state index contributed by atoms with van der Waals surface area (Å²) in [7, 11) is 3.16. The number of nitrogens with two attached hydrogens (primary N) is 2. The van der Waals surface area contributed by atoms with E-state index in [4.69, 9.17) is 16.2 Å². The molecule has 0 radical (unpaired) electrons. The third-order valence-electron chi connectivity index (χ3n) is 3.38. The summed E-state index contributed by atoms with van der Waals surface area (Å²) in [6, 6.07) is 4.41. The van der Waals surface area contributed by atoms with Crippen molar-refractivity contribution in [3.05, 3.63) is 23.8 Å². The van der Waals surface area contributed by atoms with Gasteiger partial charge in [0.25, 0.3) is 0 Å². The van der Waals surface area contributed by atoms with Crippen molar-refractivity contribution in [3.8, 4) is 5.75 Å². The number of methoxy groups -OCH3 is 1. The number of anilines is 1. The predicted molar refractivity (Wildman–Crippen MR) is 91.6 cm³/mol. The molecule has 0 heterocycles. The Hall–Kier alpha value is -2.65. The molecule has 2 amide bonds. The Balaban J connectivity index is 2.72. The van der Waals surface area contributed by atoms with Crippen molar-refractivity contribution in [1.82, 2.24) is 5.32 Å². The van der Waals surface area contributed by atoms with E-state index in [-0.39, 0.29) is 17.8 Å². The number of carbonyl (C=O) groups is 2. The zero-order chi connectivity index (χ0) is 18.1. The molecule has 0 fully saturated rings. The van der Waals surface area contributed by atoms with Crippen LogP contribution in [0.4, 0.5) is 5.69 Å². The van der Waals surface area contributed by atoms with Gasteiger partial charge in [0.15, 0.2) is 5.96 Å². The first-order valence-corrected chi connectivity index (χ1v) is 7.46. The Bertz CT molecular complexity index is 613. The van der Waals surface area contributed by atoms with Crippen molar-refractivity contribution >= 4 is 23.5 Å². The smallest absolute Gasteiger partial charge is 0.344 e. The van der Waals surface area contributed by atoms with E-state index in [1.54, 1.807) is 19.2 Å². The van der Waals surface area contributed by atoms with Gasteiger partial charge in [-0.1, -0.05) is 0 Å². The minimum atomic E-state index is -0.403. The molecule has 0 saturated heterocycles. The van der Waals surface area contributed by atoms with E-state index in [0.29, 0.717) is 36.4 Å². The van der Waals surface area contributed by atoms with Crippen molar-refractivity contribution in [3.63, 3.8) is 0 Å². The summed E-state index contributed by atoms with van der Waals surface area (Å²) < 4.78 is 5.10. The van der Waals surface area contributed by atoms with Gasteiger partial charge < -0.3 is 26.8 Å². The molecule has 9 N–H and O–H groups in total. The van der Waals surface area contributed by atoms with Crippen molar-refractivity contribution in [2.45, 2.75) is 18.9 Å².